The maximum atomic E-state index is 12.8. The van der Waals surface area contributed by atoms with E-state index in [0.29, 0.717) is 12.1 Å². The molecule has 27 heavy (non-hydrogen) atoms. The van der Waals surface area contributed by atoms with E-state index >= 15 is 0 Å². The van der Waals surface area contributed by atoms with Gasteiger partial charge in [0.05, 0.1) is 11.6 Å². The Kier molecular flexibility index (Phi) is 4.90. The van der Waals surface area contributed by atoms with Gasteiger partial charge in [0.15, 0.2) is 5.65 Å². The third-order valence-electron chi connectivity index (χ3n) is 5.19. The van der Waals surface area contributed by atoms with Crippen molar-refractivity contribution in [3.63, 3.8) is 0 Å². The van der Waals surface area contributed by atoms with Crippen LogP contribution in [-0.4, -0.2) is 52.1 Å². The number of H-pyrrole nitrogens is 1. The van der Waals surface area contributed by atoms with Crippen molar-refractivity contribution in [3.8, 4) is 11.1 Å². The summed E-state index contributed by atoms with van der Waals surface area (Å²) < 4.78 is 5.42. The summed E-state index contributed by atoms with van der Waals surface area (Å²) >= 11 is 0. The summed E-state index contributed by atoms with van der Waals surface area (Å²) in [7, 11) is 1.71. The van der Waals surface area contributed by atoms with Crippen molar-refractivity contribution in [2.45, 2.75) is 32.3 Å². The monoisotopic (exact) mass is 364 g/mol. The van der Waals surface area contributed by atoms with E-state index < -0.39 is 0 Å². The van der Waals surface area contributed by atoms with Gasteiger partial charge in [-0.1, -0.05) is 19.1 Å². The van der Waals surface area contributed by atoms with Crippen molar-refractivity contribution >= 4 is 17.1 Å². The van der Waals surface area contributed by atoms with Gasteiger partial charge in [0.2, 0.25) is 0 Å². The number of pyridine rings is 1. The van der Waals surface area contributed by atoms with Gasteiger partial charge in [-0.05, 0) is 36.6 Å². The molecular weight excluding hydrogens is 340 g/mol. The molecule has 1 aliphatic heterocycles. The van der Waals surface area contributed by atoms with E-state index in [0.717, 1.165) is 53.9 Å². The highest BCUT2D eigenvalue weighted by Crippen LogP contribution is 2.23. The number of carbonyl (C=O) groups excluding carboxylic acids is 1. The zero-order valence-electron chi connectivity index (χ0n) is 15.7. The number of hydrogen-bond acceptors (Lipinski definition) is 4. The number of carbonyl (C=O) groups is 1. The van der Waals surface area contributed by atoms with Crippen LogP contribution in [0.3, 0.4) is 0 Å². The topological polar surface area (TPSA) is 71.1 Å². The van der Waals surface area contributed by atoms with Crippen LogP contribution in [0.5, 0.6) is 0 Å². The molecule has 1 aromatic carbocycles. The van der Waals surface area contributed by atoms with Crippen molar-refractivity contribution in [2.75, 3.05) is 20.2 Å². The quantitative estimate of drug-likeness (QED) is 0.770. The molecule has 0 aliphatic carbocycles. The third-order valence-corrected chi connectivity index (χ3v) is 5.19. The lowest BCUT2D eigenvalue weighted by Crippen LogP contribution is -2.42. The Hall–Kier alpha value is -2.73. The molecule has 0 unspecified atom stereocenters. The zero-order valence-corrected chi connectivity index (χ0v) is 15.7. The lowest BCUT2D eigenvalue weighted by molar-refractivity contribution is 0.0269. The lowest BCUT2D eigenvalue weighted by Gasteiger charge is -2.32. The molecule has 0 spiro atoms. The minimum Gasteiger partial charge on any atom is -0.380 e. The highest BCUT2D eigenvalue weighted by Gasteiger charge is 2.24. The molecule has 1 atom stereocenters. The molecule has 0 radical (unpaired) electrons. The fourth-order valence-electron chi connectivity index (χ4n) is 3.58. The number of methoxy groups -OCH3 is 1. The lowest BCUT2D eigenvalue weighted by atomic mass is 10.0. The SMILES string of the molecule is CCc1nc2ncc(-c3ccc(C(=O)N4CCC[C@@H](OC)C4)cc3)cc2[nH]1. The maximum absolute atomic E-state index is 12.8. The van der Waals surface area contributed by atoms with Gasteiger partial charge in [-0.25, -0.2) is 9.97 Å². The van der Waals surface area contributed by atoms with Gasteiger partial charge in [-0.2, -0.15) is 0 Å². The molecule has 6 heteroatoms. The van der Waals surface area contributed by atoms with E-state index in [-0.39, 0.29) is 12.0 Å². The molecule has 1 amide bonds. The highest BCUT2D eigenvalue weighted by molar-refractivity contribution is 5.95. The Labute approximate surface area is 158 Å². The molecule has 140 valence electrons. The number of nitrogens with zero attached hydrogens (tertiary/aromatic N) is 3. The average Bonchev–Trinajstić information content (AvgIpc) is 3.16. The summed E-state index contributed by atoms with van der Waals surface area (Å²) in [5.74, 6) is 1.00. The number of amides is 1. The minimum absolute atomic E-state index is 0.0676. The number of rotatable bonds is 4. The summed E-state index contributed by atoms with van der Waals surface area (Å²) in [6, 6.07) is 9.79. The second-order valence-corrected chi connectivity index (χ2v) is 6.96. The van der Waals surface area contributed by atoms with Gasteiger partial charge in [0.25, 0.3) is 5.91 Å². The number of aromatic nitrogens is 3. The molecule has 1 N–H and O–H groups in total. The first-order chi connectivity index (χ1) is 13.2. The predicted molar refractivity (Wildman–Crippen MR) is 105 cm³/mol. The number of nitrogens with one attached hydrogen (secondary N) is 1. The first kappa shape index (κ1) is 17.7. The van der Waals surface area contributed by atoms with E-state index in [4.69, 9.17) is 4.74 Å². The first-order valence-electron chi connectivity index (χ1n) is 9.45. The van der Waals surface area contributed by atoms with Gasteiger partial charge < -0.3 is 14.6 Å². The number of ether oxygens (including phenoxy) is 1. The fraction of sp³-hybridized carbons (Fsp3) is 0.381. The van der Waals surface area contributed by atoms with Crippen LogP contribution in [0.15, 0.2) is 36.5 Å². The van der Waals surface area contributed by atoms with Crippen molar-refractivity contribution in [3.05, 3.63) is 47.9 Å². The maximum Gasteiger partial charge on any atom is 0.253 e. The van der Waals surface area contributed by atoms with Crippen LogP contribution in [-0.2, 0) is 11.2 Å². The standard InChI is InChI=1S/C21H24N4O2/c1-3-19-23-18-11-16(12-22-20(18)24-19)14-6-8-15(9-7-14)21(26)25-10-4-5-17(13-25)27-2/h6-9,11-12,17H,3-5,10,13H2,1-2H3,(H,22,23,24)/t17-/m1/s1. The Morgan fingerprint density at radius 1 is 1.30 bits per heavy atom. The Morgan fingerprint density at radius 2 is 2.11 bits per heavy atom. The number of aryl methyl sites for hydroxylation is 1. The number of benzene rings is 1. The van der Waals surface area contributed by atoms with E-state index in [1.807, 2.05) is 35.4 Å². The minimum atomic E-state index is 0.0676. The predicted octanol–water partition coefficient (Wildman–Crippen LogP) is 3.44. The summed E-state index contributed by atoms with van der Waals surface area (Å²) in [4.78, 5) is 26.8. The molecule has 0 saturated carbocycles. The Balaban J connectivity index is 1.54. The van der Waals surface area contributed by atoms with Gasteiger partial charge in [-0.3, -0.25) is 4.79 Å². The normalized spacial score (nSPS) is 17.4. The number of hydrogen-bond donors (Lipinski definition) is 1. The van der Waals surface area contributed by atoms with Crippen molar-refractivity contribution in [2.24, 2.45) is 0 Å². The molecule has 3 heterocycles. The smallest absolute Gasteiger partial charge is 0.253 e. The molecule has 4 rings (SSSR count). The Bertz CT molecular complexity index is 948. The molecule has 1 saturated heterocycles. The van der Waals surface area contributed by atoms with Crippen LogP contribution in [0.4, 0.5) is 0 Å². The van der Waals surface area contributed by atoms with E-state index in [1.165, 1.54) is 0 Å². The van der Waals surface area contributed by atoms with Crippen LogP contribution in [0, 0.1) is 0 Å². The van der Waals surface area contributed by atoms with E-state index in [2.05, 4.69) is 27.9 Å². The van der Waals surface area contributed by atoms with Crippen LogP contribution in [0.25, 0.3) is 22.3 Å². The average molecular weight is 364 g/mol. The van der Waals surface area contributed by atoms with Crippen LogP contribution in [0.1, 0.15) is 35.9 Å². The fourth-order valence-corrected chi connectivity index (χ4v) is 3.58. The van der Waals surface area contributed by atoms with Crippen LogP contribution < -0.4 is 0 Å². The van der Waals surface area contributed by atoms with Crippen molar-refractivity contribution in [1.29, 1.82) is 0 Å². The van der Waals surface area contributed by atoms with Gasteiger partial charge in [0, 0.05) is 43.9 Å². The van der Waals surface area contributed by atoms with E-state index in [1.54, 1.807) is 7.11 Å². The number of aromatic amines is 1. The van der Waals surface area contributed by atoms with Crippen LogP contribution >= 0.6 is 0 Å². The molecule has 1 aliphatic rings. The molecule has 2 aromatic heterocycles. The third kappa shape index (κ3) is 3.57. The van der Waals surface area contributed by atoms with Crippen molar-refractivity contribution < 1.29 is 9.53 Å². The number of imidazole rings is 1. The number of likely N-dealkylation sites (tertiary alicyclic amines) is 1. The summed E-state index contributed by atoms with van der Waals surface area (Å²) in [5, 5.41) is 0. The molecule has 0 bridgehead atoms. The first-order valence-corrected chi connectivity index (χ1v) is 9.45. The largest absolute Gasteiger partial charge is 0.380 e. The molecular formula is C21H24N4O2. The number of fused-ring (bicyclic) bond motifs is 1. The molecule has 1 fully saturated rings. The van der Waals surface area contributed by atoms with Gasteiger partial charge in [0.1, 0.15) is 5.82 Å². The zero-order chi connectivity index (χ0) is 18.8. The van der Waals surface area contributed by atoms with Gasteiger partial charge >= 0.3 is 0 Å². The summed E-state index contributed by atoms with van der Waals surface area (Å²) in [6.07, 6.45) is 4.82. The highest BCUT2D eigenvalue weighted by atomic mass is 16.5. The summed E-state index contributed by atoms with van der Waals surface area (Å²) in [6.45, 7) is 3.52. The second kappa shape index (κ2) is 7.48. The molecule has 3 aromatic rings. The Morgan fingerprint density at radius 3 is 2.85 bits per heavy atom. The van der Waals surface area contributed by atoms with Gasteiger partial charge in [-0.15, -0.1) is 0 Å². The number of piperidine rings is 1. The van der Waals surface area contributed by atoms with Crippen LogP contribution in [0.2, 0.25) is 0 Å². The van der Waals surface area contributed by atoms with E-state index in [9.17, 15) is 4.79 Å². The van der Waals surface area contributed by atoms with Crippen molar-refractivity contribution in [1.82, 2.24) is 19.9 Å². The summed E-state index contributed by atoms with van der Waals surface area (Å²) in [5.41, 5.74) is 4.41. The second-order valence-electron chi connectivity index (χ2n) is 6.96. The molecule has 6 nitrogen and oxygen atoms in total.